The quantitative estimate of drug-likeness (QED) is 0.525. The van der Waals surface area contributed by atoms with Gasteiger partial charge in [0.15, 0.2) is 0 Å². The number of hydrogen-bond donors (Lipinski definition) is 0. The molecule has 3 rings (SSSR count). The Morgan fingerprint density at radius 2 is 2.07 bits per heavy atom. The summed E-state index contributed by atoms with van der Waals surface area (Å²) in [6, 6.07) is 0. The lowest BCUT2D eigenvalue weighted by Crippen LogP contribution is -2.44. The smallest absolute Gasteiger partial charge is 0.206 e. The number of Topliss-reactive ketones (excluding diaryl/α,β-unsaturated/α-hetero) is 2. The maximum absolute atomic E-state index is 11.7. The van der Waals surface area contributed by atoms with Gasteiger partial charge in [-0.1, -0.05) is 31.4 Å². The molecule has 1 saturated carbocycles. The summed E-state index contributed by atoms with van der Waals surface area (Å²) in [4.78, 5) is 23.3. The molecule has 1 fully saturated rings. The number of carbonyl (C=O) groups excluding carboxylic acids is 2. The highest BCUT2D eigenvalue weighted by Gasteiger charge is 2.45. The molecule has 0 aromatic heterocycles. The van der Waals surface area contributed by atoms with Crippen LogP contribution in [0.1, 0.15) is 39.5 Å². The lowest BCUT2D eigenvalue weighted by molar-refractivity contribution is -0.144. The number of ketones is 2. The molecule has 82 valence electrons. The van der Waals surface area contributed by atoms with Gasteiger partial charge in [-0.3, -0.25) is 9.59 Å². The maximum Gasteiger partial charge on any atom is 0.206 e. The molecule has 0 saturated heterocycles. The molecule has 0 aromatic carbocycles. The van der Waals surface area contributed by atoms with E-state index < -0.39 is 0 Å². The van der Waals surface area contributed by atoms with Crippen LogP contribution in [-0.2, 0) is 9.59 Å². The van der Waals surface area contributed by atoms with Gasteiger partial charge >= 0.3 is 0 Å². The minimum atomic E-state index is -0.132. The van der Waals surface area contributed by atoms with Gasteiger partial charge in [-0.15, -0.1) is 0 Å². The molecule has 0 N–H and O–H groups in total. The Bertz CT molecular complexity index is 327. The molecule has 2 heteroatoms. The van der Waals surface area contributed by atoms with Gasteiger partial charge in [0.1, 0.15) is 0 Å². The largest absolute Gasteiger partial charge is 0.290 e. The Morgan fingerprint density at radius 3 is 2.73 bits per heavy atom. The normalized spacial score (nSPS) is 34.5. The summed E-state index contributed by atoms with van der Waals surface area (Å²) in [5.74, 6) is 0.00737. The second-order valence-electron chi connectivity index (χ2n) is 4.86. The van der Waals surface area contributed by atoms with Crippen LogP contribution in [0, 0.1) is 17.8 Å². The predicted molar refractivity (Wildman–Crippen MR) is 58.4 cm³/mol. The number of rotatable bonds is 3. The van der Waals surface area contributed by atoms with Crippen molar-refractivity contribution in [3.05, 3.63) is 11.6 Å². The molecule has 0 radical (unpaired) electrons. The van der Waals surface area contributed by atoms with Crippen molar-refractivity contribution in [3.8, 4) is 0 Å². The van der Waals surface area contributed by atoms with Crippen LogP contribution in [0.4, 0.5) is 0 Å². The van der Waals surface area contributed by atoms with Crippen molar-refractivity contribution in [1.29, 1.82) is 0 Å². The molecular formula is C13H18O2. The van der Waals surface area contributed by atoms with Crippen LogP contribution >= 0.6 is 0 Å². The zero-order valence-corrected chi connectivity index (χ0v) is 9.45. The maximum atomic E-state index is 11.7. The highest BCUT2D eigenvalue weighted by molar-refractivity contribution is 6.41. The highest BCUT2D eigenvalue weighted by atomic mass is 16.2. The topological polar surface area (TPSA) is 34.1 Å². The molecule has 0 spiro atoms. The summed E-state index contributed by atoms with van der Waals surface area (Å²) in [6.45, 7) is 4.15. The number of allylic oxidation sites excluding steroid dienone is 2. The van der Waals surface area contributed by atoms with E-state index in [1.807, 2.05) is 13.0 Å². The molecule has 3 aliphatic carbocycles. The van der Waals surface area contributed by atoms with E-state index in [1.54, 1.807) is 0 Å². The molecule has 0 unspecified atom stereocenters. The Morgan fingerprint density at radius 1 is 1.33 bits per heavy atom. The summed E-state index contributed by atoms with van der Waals surface area (Å²) in [5, 5.41) is 0. The number of carbonyl (C=O) groups is 2. The van der Waals surface area contributed by atoms with E-state index in [4.69, 9.17) is 0 Å². The fourth-order valence-corrected chi connectivity index (χ4v) is 2.87. The van der Waals surface area contributed by atoms with Gasteiger partial charge in [-0.05, 0) is 25.7 Å². The number of unbranched alkanes of at least 4 members (excludes halogenated alkanes) is 1. The molecular weight excluding hydrogens is 188 g/mol. The predicted octanol–water partition coefficient (Wildman–Crippen LogP) is 2.53. The van der Waals surface area contributed by atoms with Crippen LogP contribution in [0.15, 0.2) is 11.6 Å². The van der Waals surface area contributed by atoms with Gasteiger partial charge in [0, 0.05) is 11.8 Å². The van der Waals surface area contributed by atoms with Crippen molar-refractivity contribution in [2.45, 2.75) is 39.5 Å². The first kappa shape index (κ1) is 10.6. The fourth-order valence-electron chi connectivity index (χ4n) is 2.87. The van der Waals surface area contributed by atoms with E-state index in [9.17, 15) is 9.59 Å². The molecule has 2 bridgehead atoms. The van der Waals surface area contributed by atoms with Crippen LogP contribution in [0.2, 0.25) is 0 Å². The van der Waals surface area contributed by atoms with E-state index in [1.165, 1.54) is 12.8 Å². The zero-order valence-electron chi connectivity index (χ0n) is 9.45. The third kappa shape index (κ3) is 1.66. The third-order valence-electron chi connectivity index (χ3n) is 3.83. The molecule has 0 amide bonds. The Balaban J connectivity index is 2.17. The average Bonchev–Trinajstić information content (AvgIpc) is 2.23. The van der Waals surface area contributed by atoms with Gasteiger partial charge in [-0.25, -0.2) is 0 Å². The number of hydrogen-bond acceptors (Lipinski definition) is 2. The summed E-state index contributed by atoms with van der Waals surface area (Å²) in [6.07, 6.45) is 6.39. The van der Waals surface area contributed by atoms with Crippen LogP contribution in [0.25, 0.3) is 0 Å². The van der Waals surface area contributed by atoms with Crippen LogP contribution in [0.5, 0.6) is 0 Å². The van der Waals surface area contributed by atoms with Crippen molar-refractivity contribution < 1.29 is 9.59 Å². The first-order valence-electron chi connectivity index (χ1n) is 5.91. The lowest BCUT2D eigenvalue weighted by atomic mass is 9.63. The van der Waals surface area contributed by atoms with Gasteiger partial charge in [0.05, 0.1) is 0 Å². The Kier molecular flexibility index (Phi) is 2.76. The van der Waals surface area contributed by atoms with Crippen molar-refractivity contribution in [3.63, 3.8) is 0 Å². The summed E-state index contributed by atoms with van der Waals surface area (Å²) >= 11 is 0. The molecule has 0 heterocycles. The summed E-state index contributed by atoms with van der Waals surface area (Å²) < 4.78 is 0. The van der Waals surface area contributed by atoms with Gasteiger partial charge in [-0.2, -0.15) is 0 Å². The van der Waals surface area contributed by atoms with Crippen LogP contribution in [-0.4, -0.2) is 11.6 Å². The first-order chi connectivity index (χ1) is 7.15. The molecule has 0 aromatic rings. The monoisotopic (exact) mass is 206 g/mol. The molecule has 0 aliphatic heterocycles. The SMILES string of the molecule is CCCC[C@@H]1C[C@H]2C(=O)C(=O)[C@@H]1C=C2C. The molecule has 3 aliphatic rings. The molecule has 3 atom stereocenters. The van der Waals surface area contributed by atoms with Gasteiger partial charge < -0.3 is 0 Å². The average molecular weight is 206 g/mol. The van der Waals surface area contributed by atoms with E-state index in [2.05, 4.69) is 6.92 Å². The minimum Gasteiger partial charge on any atom is -0.290 e. The van der Waals surface area contributed by atoms with Gasteiger partial charge in [0.25, 0.3) is 0 Å². The van der Waals surface area contributed by atoms with E-state index in [0.29, 0.717) is 5.92 Å². The number of fused-ring (bicyclic) bond motifs is 2. The lowest BCUT2D eigenvalue weighted by Gasteiger charge is -2.38. The Labute approximate surface area is 90.7 Å². The minimum absolute atomic E-state index is 0.0793. The fraction of sp³-hybridized carbons (Fsp3) is 0.692. The van der Waals surface area contributed by atoms with E-state index >= 15 is 0 Å². The van der Waals surface area contributed by atoms with E-state index in [-0.39, 0.29) is 23.4 Å². The van der Waals surface area contributed by atoms with Crippen LogP contribution < -0.4 is 0 Å². The van der Waals surface area contributed by atoms with Crippen molar-refractivity contribution in [2.24, 2.45) is 17.8 Å². The molecule has 2 nitrogen and oxygen atoms in total. The first-order valence-corrected chi connectivity index (χ1v) is 5.91. The zero-order chi connectivity index (χ0) is 11.0. The van der Waals surface area contributed by atoms with Crippen LogP contribution in [0.3, 0.4) is 0 Å². The standard InChI is InChI=1S/C13H18O2/c1-3-4-5-9-7-10-8(2)6-11(9)13(15)12(10)14/h6,9-11H,3-5,7H2,1-2H3/t9-,10-,11-/m1/s1. The van der Waals surface area contributed by atoms with Gasteiger partial charge in [0.2, 0.25) is 11.6 Å². The van der Waals surface area contributed by atoms with Crippen molar-refractivity contribution >= 4 is 11.6 Å². The summed E-state index contributed by atoms with van der Waals surface area (Å²) in [5.41, 5.74) is 1.12. The summed E-state index contributed by atoms with van der Waals surface area (Å²) in [7, 11) is 0. The van der Waals surface area contributed by atoms with Crippen molar-refractivity contribution in [1.82, 2.24) is 0 Å². The highest BCUT2D eigenvalue weighted by Crippen LogP contribution is 2.42. The third-order valence-corrected chi connectivity index (χ3v) is 3.83. The Hall–Kier alpha value is -0.920. The second-order valence-corrected chi connectivity index (χ2v) is 4.86. The second kappa shape index (κ2) is 3.92. The van der Waals surface area contributed by atoms with Crippen molar-refractivity contribution in [2.75, 3.05) is 0 Å². The van der Waals surface area contributed by atoms with E-state index in [0.717, 1.165) is 18.4 Å². The molecule has 15 heavy (non-hydrogen) atoms.